The van der Waals surface area contributed by atoms with Crippen molar-refractivity contribution in [2.75, 3.05) is 31.7 Å². The highest BCUT2D eigenvalue weighted by molar-refractivity contribution is 7.15. The van der Waals surface area contributed by atoms with Gasteiger partial charge in [-0.2, -0.15) is 0 Å². The van der Waals surface area contributed by atoms with Gasteiger partial charge < -0.3 is 14.7 Å². The molecule has 1 aromatic rings. The molecule has 0 bridgehead atoms. The van der Waals surface area contributed by atoms with Crippen LogP contribution in [0.3, 0.4) is 0 Å². The summed E-state index contributed by atoms with van der Waals surface area (Å²) in [6.07, 6.45) is 2.40. The third-order valence-electron chi connectivity index (χ3n) is 3.52. The molecule has 0 aromatic carbocycles. The van der Waals surface area contributed by atoms with Gasteiger partial charge in [-0.05, 0) is 24.7 Å². The topological polar surface area (TPSA) is 45.6 Å². The van der Waals surface area contributed by atoms with E-state index in [1.807, 2.05) is 0 Å². The zero-order valence-electron chi connectivity index (χ0n) is 12.1. The van der Waals surface area contributed by atoms with Crippen molar-refractivity contribution in [2.45, 2.75) is 39.2 Å². The maximum atomic E-state index is 9.42. The maximum absolute atomic E-state index is 9.42. The molecule has 0 amide bonds. The number of aliphatic hydroxyl groups is 1. The van der Waals surface area contributed by atoms with Gasteiger partial charge in [0.25, 0.3) is 0 Å². The summed E-state index contributed by atoms with van der Waals surface area (Å²) >= 11 is 1.61. The molecule has 1 saturated heterocycles. The van der Waals surface area contributed by atoms with Crippen molar-refractivity contribution < 1.29 is 9.84 Å². The summed E-state index contributed by atoms with van der Waals surface area (Å²) in [6, 6.07) is 0. The molecule has 2 heterocycles. The van der Waals surface area contributed by atoms with Crippen LogP contribution in [0.4, 0.5) is 5.13 Å². The number of hydrogen-bond donors (Lipinski definition) is 1. The van der Waals surface area contributed by atoms with Gasteiger partial charge in [-0.15, -0.1) is 0 Å². The Kier molecular flexibility index (Phi) is 5.19. The number of nitrogens with zero attached hydrogens (tertiary/aromatic N) is 2. The molecule has 19 heavy (non-hydrogen) atoms. The second-order valence-corrected chi connectivity index (χ2v) is 6.64. The Balaban J connectivity index is 2.03. The number of aliphatic hydroxyl groups excluding tert-OH is 1. The van der Waals surface area contributed by atoms with Crippen molar-refractivity contribution in [1.29, 1.82) is 0 Å². The molecular formula is C14H24N2O2S. The highest BCUT2D eigenvalue weighted by Crippen LogP contribution is 2.31. The summed E-state index contributed by atoms with van der Waals surface area (Å²) < 4.78 is 5.52. The second kappa shape index (κ2) is 6.68. The van der Waals surface area contributed by atoms with E-state index < -0.39 is 0 Å². The third-order valence-corrected chi connectivity index (χ3v) is 4.69. The molecule has 0 saturated carbocycles. The fraction of sp³-hybridized carbons (Fsp3) is 0.786. The highest BCUT2D eigenvalue weighted by atomic mass is 32.1. The van der Waals surface area contributed by atoms with E-state index in [1.54, 1.807) is 11.3 Å². The lowest BCUT2D eigenvalue weighted by atomic mass is 10.0. The van der Waals surface area contributed by atoms with E-state index in [1.165, 1.54) is 6.42 Å². The maximum Gasteiger partial charge on any atom is 0.185 e. The van der Waals surface area contributed by atoms with E-state index in [4.69, 9.17) is 4.74 Å². The van der Waals surface area contributed by atoms with E-state index in [2.05, 4.69) is 30.8 Å². The minimum atomic E-state index is 0.0888. The molecule has 1 fully saturated rings. The van der Waals surface area contributed by atoms with Crippen LogP contribution in [-0.2, 0) is 11.3 Å². The van der Waals surface area contributed by atoms with Gasteiger partial charge in [0.15, 0.2) is 5.13 Å². The van der Waals surface area contributed by atoms with Gasteiger partial charge >= 0.3 is 0 Å². The quantitative estimate of drug-likeness (QED) is 0.903. The minimum Gasteiger partial charge on any atom is -0.391 e. The first-order valence-corrected chi connectivity index (χ1v) is 7.82. The van der Waals surface area contributed by atoms with Crippen molar-refractivity contribution in [1.82, 2.24) is 4.98 Å². The average molecular weight is 284 g/mol. The van der Waals surface area contributed by atoms with Crippen molar-refractivity contribution in [3.63, 3.8) is 0 Å². The van der Waals surface area contributed by atoms with Crippen LogP contribution in [0.25, 0.3) is 0 Å². The zero-order chi connectivity index (χ0) is 13.8. The molecule has 1 N–H and O–H groups in total. The Morgan fingerprint density at radius 2 is 2.32 bits per heavy atom. The summed E-state index contributed by atoms with van der Waals surface area (Å²) in [4.78, 5) is 7.89. The molecule has 5 heteroatoms. The molecule has 0 aliphatic carbocycles. The van der Waals surface area contributed by atoms with Crippen molar-refractivity contribution in [2.24, 2.45) is 5.92 Å². The first-order valence-electron chi connectivity index (χ1n) is 7.01. The summed E-state index contributed by atoms with van der Waals surface area (Å²) in [6.45, 7) is 7.07. The summed E-state index contributed by atoms with van der Waals surface area (Å²) in [7, 11) is 2.08. The molecule has 1 aromatic heterocycles. The number of ether oxygens (including phenoxy) is 1. The van der Waals surface area contributed by atoms with Gasteiger partial charge in [0.2, 0.25) is 0 Å². The predicted molar refractivity (Wildman–Crippen MR) is 78.9 cm³/mol. The second-order valence-electron chi connectivity index (χ2n) is 5.58. The van der Waals surface area contributed by atoms with Gasteiger partial charge in [-0.3, -0.25) is 0 Å². The van der Waals surface area contributed by atoms with Gasteiger partial charge in [0, 0.05) is 20.2 Å². The molecular weight excluding hydrogens is 260 g/mol. The van der Waals surface area contributed by atoms with Crippen molar-refractivity contribution in [3.05, 3.63) is 10.6 Å². The Hall–Kier alpha value is -0.650. The lowest BCUT2D eigenvalue weighted by molar-refractivity contribution is 0.0576. The SMILES string of the molecule is CC(C)c1nc(N(C)CC2CCCOC2)sc1CO. The van der Waals surface area contributed by atoms with Crippen LogP contribution in [0.15, 0.2) is 0 Å². The standard InChI is InChI=1S/C14H24N2O2S/c1-10(2)13-12(8-17)19-14(15-13)16(3)7-11-5-4-6-18-9-11/h10-11,17H,4-9H2,1-3H3. The van der Waals surface area contributed by atoms with Crippen molar-refractivity contribution >= 4 is 16.5 Å². The smallest absolute Gasteiger partial charge is 0.185 e. The van der Waals surface area contributed by atoms with E-state index >= 15 is 0 Å². The van der Waals surface area contributed by atoms with Crippen LogP contribution in [0.2, 0.25) is 0 Å². The molecule has 4 nitrogen and oxygen atoms in total. The molecule has 108 valence electrons. The minimum absolute atomic E-state index is 0.0888. The van der Waals surface area contributed by atoms with Crippen LogP contribution >= 0.6 is 11.3 Å². The molecule has 2 rings (SSSR count). The molecule has 1 atom stereocenters. The molecule has 1 aliphatic heterocycles. The van der Waals surface area contributed by atoms with Crippen molar-refractivity contribution in [3.8, 4) is 0 Å². The fourth-order valence-corrected chi connectivity index (χ4v) is 3.54. The van der Waals surface area contributed by atoms with E-state index in [0.717, 1.165) is 41.9 Å². The number of rotatable bonds is 5. The van der Waals surface area contributed by atoms with E-state index in [0.29, 0.717) is 11.8 Å². The van der Waals surface area contributed by atoms with Gasteiger partial charge in [0.1, 0.15) is 0 Å². The van der Waals surface area contributed by atoms with Gasteiger partial charge in [0.05, 0.1) is 23.8 Å². The average Bonchev–Trinajstić information content (AvgIpc) is 2.84. The number of anilines is 1. The van der Waals surface area contributed by atoms with Crippen LogP contribution in [-0.4, -0.2) is 36.9 Å². The Morgan fingerprint density at radius 3 is 2.84 bits per heavy atom. The van der Waals surface area contributed by atoms with Crippen LogP contribution in [0.5, 0.6) is 0 Å². The van der Waals surface area contributed by atoms with Gasteiger partial charge in [-0.1, -0.05) is 25.2 Å². The van der Waals surface area contributed by atoms with Crippen LogP contribution in [0.1, 0.15) is 43.2 Å². The number of thiazole rings is 1. The Bertz CT molecular complexity index is 400. The monoisotopic (exact) mass is 284 g/mol. The largest absolute Gasteiger partial charge is 0.391 e. The predicted octanol–water partition coefficient (Wildman–Crippen LogP) is 2.62. The van der Waals surface area contributed by atoms with E-state index in [9.17, 15) is 5.11 Å². The normalized spacial score (nSPS) is 19.9. The first-order chi connectivity index (χ1) is 9.11. The summed E-state index contributed by atoms with van der Waals surface area (Å²) in [5, 5.41) is 10.4. The first kappa shape index (κ1) is 14.8. The Labute approximate surface area is 119 Å². The highest BCUT2D eigenvalue weighted by Gasteiger charge is 2.20. The fourth-order valence-electron chi connectivity index (χ4n) is 2.50. The number of aromatic nitrogens is 1. The van der Waals surface area contributed by atoms with E-state index in [-0.39, 0.29) is 6.61 Å². The summed E-state index contributed by atoms with van der Waals surface area (Å²) in [5.74, 6) is 0.960. The molecule has 0 radical (unpaired) electrons. The molecule has 0 spiro atoms. The van der Waals surface area contributed by atoms with Gasteiger partial charge in [-0.25, -0.2) is 4.98 Å². The van der Waals surface area contributed by atoms with Crippen LogP contribution < -0.4 is 4.90 Å². The third kappa shape index (κ3) is 3.68. The Morgan fingerprint density at radius 1 is 1.53 bits per heavy atom. The van der Waals surface area contributed by atoms with Crippen LogP contribution in [0, 0.1) is 5.92 Å². The number of hydrogen-bond acceptors (Lipinski definition) is 5. The molecule has 1 aliphatic rings. The lowest BCUT2D eigenvalue weighted by Crippen LogP contribution is -2.30. The zero-order valence-corrected chi connectivity index (χ0v) is 12.9. The summed E-state index contributed by atoms with van der Waals surface area (Å²) in [5.41, 5.74) is 1.04. The molecule has 1 unspecified atom stereocenters. The lowest BCUT2D eigenvalue weighted by Gasteiger charge is -2.26.